The Morgan fingerprint density at radius 2 is 0.865 bits per heavy atom. The Hall–Kier alpha value is -8.61. The number of unbranched alkanes of at least 4 members (excludes halogenated alkanes) is 40. The van der Waals surface area contributed by atoms with E-state index < -0.39 is 182 Å². The zero-order chi connectivity index (χ0) is 108. The Balaban J connectivity index is 1.32. The number of nitrogens with zero attached hydrogens (tertiary/aromatic N) is 4. The van der Waals surface area contributed by atoms with Gasteiger partial charge in [0.1, 0.15) is 79.4 Å². The van der Waals surface area contributed by atoms with Gasteiger partial charge >= 0.3 is 23.9 Å². The summed E-state index contributed by atoms with van der Waals surface area (Å²) in [5.74, 6) is -11.8. The number of aliphatic hydroxyl groups is 6. The molecular formula is C109H188N16O22S. The van der Waals surface area contributed by atoms with E-state index in [1.54, 1.807) is 48.5 Å². The molecule has 3 unspecified atom stereocenters. The van der Waals surface area contributed by atoms with Crippen LogP contribution in [-0.2, 0) is 73.5 Å². The zero-order valence-electron chi connectivity index (χ0n) is 89.3. The minimum Gasteiger partial charge on any atom is -0.477 e. The first-order chi connectivity index (χ1) is 71.7. The number of rotatable bonds is 86. The molecule has 5 rings (SSSR count). The number of urea groups is 1. The van der Waals surface area contributed by atoms with Crippen LogP contribution in [0.3, 0.4) is 0 Å². The number of esters is 2. The summed E-state index contributed by atoms with van der Waals surface area (Å²) in [5.41, 5.74) is 25.6. The van der Waals surface area contributed by atoms with Crippen LogP contribution >= 0.6 is 11.8 Å². The molecule has 38 nitrogen and oxygen atoms in total. The van der Waals surface area contributed by atoms with E-state index in [9.17, 15) is 93.3 Å². The Morgan fingerprint density at radius 3 is 1.30 bits per heavy atom. The van der Waals surface area contributed by atoms with Crippen molar-refractivity contribution in [1.29, 1.82) is 0 Å². The zero-order valence-corrected chi connectivity index (χ0v) is 90.2. The van der Waals surface area contributed by atoms with Crippen molar-refractivity contribution in [1.82, 2.24) is 47.5 Å². The number of aliphatic hydroxyl groups excluding tert-OH is 5. The first kappa shape index (κ1) is 130. The quantitative estimate of drug-likeness (QED) is 0.0216. The van der Waals surface area contributed by atoms with E-state index in [2.05, 4.69) is 73.6 Å². The van der Waals surface area contributed by atoms with Crippen LogP contribution in [0.1, 0.15) is 409 Å². The minimum atomic E-state index is -3.09. The second-order valence-electron chi connectivity index (χ2n) is 40.4. The summed E-state index contributed by atoms with van der Waals surface area (Å²) in [6.45, 7) is 4.96. The van der Waals surface area contributed by atoms with Crippen molar-refractivity contribution in [2.24, 2.45) is 33.3 Å². The number of hydrogen-bond acceptors (Lipinski definition) is 28. The standard InChI is InChI=1S/C109H188N16O22S/c1-4-7-10-13-16-19-22-25-28-31-34-37-40-63-92(130)115-88(78-148-77-80(146-95(133)65-42-39-36-33-30-27-24-21-18-15-12-9-6-3)76-145-94(132)64-41-38-35-32-29-26-23-20-17-14-11-8-5-2)106(140)120-87(74-126)105(139)119-86(61-50-54-70-113)104(138)118-85(60-49-53-69-112)103(137)117-84(59-48-52-68-111)102(136)116-83(58-47-51-67-110)101(135)114-71-66-93(131)124-73-79-55-43-44-56-81(79)96-98(82-57-45-46-62-89(82)124)125(123-122-96)108(143)121-97-90(128)72-109(144,107(141)142)147-100(97)99(134)91(129)75-127/h43-46,55-57,62,80,83-88,90-91,96-100,126-129,134,144H,4-42,47-54,58-61,63-78,110-113H2,1-3H3,(H,114,135)(H,115,130)(H,116,136)(H,117,137)(H,118,138)(H,119,139)(H,120,140)(H,121,143)(H,141,142)/t80?,83-,84-,85-,86-,87-,88-,90+,91-,96?,97-,98?,99-,100-,109+/m1/s1. The van der Waals surface area contributed by atoms with Gasteiger partial charge in [0, 0.05) is 61.4 Å². The third kappa shape index (κ3) is 50.8. The van der Waals surface area contributed by atoms with E-state index in [1.807, 2.05) is 0 Å². The van der Waals surface area contributed by atoms with Crippen molar-refractivity contribution >= 4 is 88.6 Å². The summed E-state index contributed by atoms with van der Waals surface area (Å²) in [7, 11) is 0. The second-order valence-corrected chi connectivity index (χ2v) is 41.5. The van der Waals surface area contributed by atoms with E-state index in [4.69, 9.17) is 37.1 Å². The van der Waals surface area contributed by atoms with Gasteiger partial charge in [-0.15, -0.1) is 0 Å². The van der Waals surface area contributed by atoms with Crippen LogP contribution in [0.4, 0.5) is 10.5 Å². The number of aliphatic carboxylic acids is 1. The number of nitrogens with one attached hydrogen (secondary N) is 8. The average Bonchev–Trinajstić information content (AvgIpc) is 1.58. The first-order valence-electron chi connectivity index (χ1n) is 56.4. The number of ether oxygens (including phenoxy) is 3. The molecule has 148 heavy (non-hydrogen) atoms. The topological polar surface area (TPSA) is 606 Å². The predicted octanol–water partition coefficient (Wildman–Crippen LogP) is 12.3. The molecule has 1 saturated heterocycles. The number of carboxylic acid groups (broad SMARTS) is 1. The van der Waals surface area contributed by atoms with Gasteiger partial charge in [-0.2, -0.15) is 21.9 Å². The Kier molecular flexibility index (Phi) is 68.9. The lowest BCUT2D eigenvalue weighted by atomic mass is 9.87. The number of amides is 10. The third-order valence-corrected chi connectivity index (χ3v) is 29.1. The van der Waals surface area contributed by atoms with E-state index >= 15 is 0 Å². The summed E-state index contributed by atoms with van der Waals surface area (Å²) in [5, 5.41) is 106. The van der Waals surface area contributed by atoms with Crippen LogP contribution < -0.4 is 70.4 Å². The molecular weight excluding hydrogens is 1920 g/mol. The van der Waals surface area contributed by atoms with Crippen molar-refractivity contribution < 1.29 is 107 Å². The molecule has 1 fully saturated rings. The number of carbonyl (C=O) groups is 12. The van der Waals surface area contributed by atoms with Crippen molar-refractivity contribution in [3.05, 3.63) is 65.2 Å². The molecule has 39 heteroatoms. The molecule has 0 aromatic heterocycles. The first-order valence-corrected chi connectivity index (χ1v) is 57.5. The molecule has 10 amide bonds. The number of carbonyl (C=O) groups excluding carboxylic acids is 11. The average molecular weight is 2110 g/mol. The van der Waals surface area contributed by atoms with Gasteiger partial charge in [-0.05, 0) is 140 Å². The molecule has 842 valence electrons. The highest BCUT2D eigenvalue weighted by Crippen LogP contribution is 2.49. The van der Waals surface area contributed by atoms with Crippen LogP contribution in [-0.4, -0.2) is 255 Å². The van der Waals surface area contributed by atoms with Crippen molar-refractivity contribution in [3.8, 4) is 0 Å². The van der Waals surface area contributed by atoms with E-state index in [0.717, 1.165) is 88.5 Å². The molecule has 0 saturated carbocycles. The molecule has 0 aliphatic carbocycles. The maximum absolute atomic E-state index is 15.0. The summed E-state index contributed by atoms with van der Waals surface area (Å²) < 4.78 is 17.2. The monoisotopic (exact) mass is 2110 g/mol. The van der Waals surface area contributed by atoms with Gasteiger partial charge < -0.3 is 120 Å². The highest BCUT2D eigenvalue weighted by molar-refractivity contribution is 7.99. The van der Waals surface area contributed by atoms with Gasteiger partial charge in [0.2, 0.25) is 47.3 Å². The van der Waals surface area contributed by atoms with Crippen molar-refractivity contribution in [2.45, 2.75) is 478 Å². The number of carboxylic acids is 1. The third-order valence-electron chi connectivity index (χ3n) is 27.9. The summed E-state index contributed by atoms with van der Waals surface area (Å²) in [6.07, 6.45) is 37.0. The lowest BCUT2D eigenvalue weighted by Crippen LogP contribution is -2.68. The molecule has 0 spiro atoms. The number of fused-ring (bicyclic) bond motifs is 5. The number of nitrogens with two attached hydrogens (primary N) is 4. The lowest BCUT2D eigenvalue weighted by Gasteiger charge is -2.45. The van der Waals surface area contributed by atoms with Crippen LogP contribution in [0.5, 0.6) is 0 Å². The molecule has 0 radical (unpaired) electrons. The number of para-hydroxylation sites is 1. The van der Waals surface area contributed by atoms with Gasteiger partial charge in [0.05, 0.1) is 31.9 Å². The smallest absolute Gasteiger partial charge is 0.364 e. The summed E-state index contributed by atoms with van der Waals surface area (Å²) in [6, 6.07) is 0.292. The van der Waals surface area contributed by atoms with Crippen molar-refractivity contribution in [2.75, 3.05) is 69.0 Å². The number of hydrogen-bond donors (Lipinski definition) is 19. The molecule has 2 aromatic rings. The van der Waals surface area contributed by atoms with Crippen LogP contribution in [0.2, 0.25) is 0 Å². The Bertz CT molecular complexity index is 4130. The fourth-order valence-corrected chi connectivity index (χ4v) is 20.1. The lowest BCUT2D eigenvalue weighted by molar-refractivity contribution is -0.294. The fourth-order valence-electron chi connectivity index (χ4n) is 19.0. The van der Waals surface area contributed by atoms with Gasteiger partial charge in [-0.25, -0.2) is 9.59 Å². The molecule has 15 atom stereocenters. The molecule has 23 N–H and O–H groups in total. The summed E-state index contributed by atoms with van der Waals surface area (Å²) in [4.78, 5) is 173. The van der Waals surface area contributed by atoms with E-state index in [-0.39, 0.29) is 115 Å². The normalized spacial score (nSPS) is 18.1. The molecule has 2 aromatic carbocycles. The maximum Gasteiger partial charge on any atom is 0.364 e. The van der Waals surface area contributed by atoms with Gasteiger partial charge in [0.15, 0.2) is 0 Å². The largest absolute Gasteiger partial charge is 0.477 e. The predicted molar refractivity (Wildman–Crippen MR) is 573 cm³/mol. The molecule has 3 aliphatic heterocycles. The Labute approximate surface area is 884 Å². The molecule has 0 bridgehead atoms. The fraction of sp³-hybridized carbons (Fsp3) is 0.780. The van der Waals surface area contributed by atoms with E-state index in [1.165, 1.54) is 164 Å². The molecule has 3 aliphatic rings. The van der Waals surface area contributed by atoms with Gasteiger partial charge in [-0.1, -0.05) is 300 Å². The summed E-state index contributed by atoms with van der Waals surface area (Å²) >= 11 is 1.17. The highest BCUT2D eigenvalue weighted by Gasteiger charge is 2.55. The van der Waals surface area contributed by atoms with Crippen LogP contribution in [0.25, 0.3) is 0 Å². The van der Waals surface area contributed by atoms with E-state index in [0.29, 0.717) is 86.6 Å². The Morgan fingerprint density at radius 1 is 0.466 bits per heavy atom. The number of anilines is 1. The molecule has 3 heterocycles. The minimum absolute atomic E-state index is 0.00923. The van der Waals surface area contributed by atoms with Gasteiger partial charge in [-0.3, -0.25) is 47.9 Å². The number of benzene rings is 2. The maximum atomic E-state index is 15.0. The second kappa shape index (κ2) is 78.5. The highest BCUT2D eigenvalue weighted by atomic mass is 32.2. The van der Waals surface area contributed by atoms with Gasteiger partial charge in [0.25, 0.3) is 5.79 Å². The number of thioether (sulfide) groups is 1. The SMILES string of the molecule is CCCCCCCCCCCCCCCC(=O)N[C@H](CSCC(COC(=O)CCCCCCCCCCCCCCC)OC(=O)CCCCCCCCCCCCCCC)C(=O)N[C@H](CO)C(=O)N[C@H](CCCCN)C(=O)N[C@H](CCCCN)C(=O)N[C@H](CCCCN)C(=O)N[C@H](CCCCN)C(=O)NCCC(=O)N1Cc2ccccc2C2N=NN(C(=O)N[C@H]3[C@H]([C@H](O)[C@H](O)CO)O[C@](O)(C(=O)O)C[C@@H]3O)C2c2ccccc21. The van der Waals surface area contributed by atoms with Crippen LogP contribution in [0, 0.1) is 0 Å². The van der Waals surface area contributed by atoms with Crippen LogP contribution in [0.15, 0.2) is 58.9 Å². The van der Waals surface area contributed by atoms with Crippen molar-refractivity contribution in [3.63, 3.8) is 0 Å².